The molecule has 0 unspecified atom stereocenters. The smallest absolute Gasteiger partial charge is 0.410 e. The Hall–Kier alpha value is -2.76. The first-order valence-corrected chi connectivity index (χ1v) is 12.5. The van der Waals surface area contributed by atoms with Crippen molar-refractivity contribution in [1.82, 2.24) is 4.90 Å². The van der Waals surface area contributed by atoms with Gasteiger partial charge in [0.15, 0.2) is 0 Å². The van der Waals surface area contributed by atoms with Crippen molar-refractivity contribution in [3.63, 3.8) is 0 Å². The number of nitrogens with two attached hydrogens (primary N) is 1. The molecule has 0 saturated heterocycles. The van der Waals surface area contributed by atoms with Gasteiger partial charge in [0.25, 0.3) is 0 Å². The highest BCUT2D eigenvalue weighted by molar-refractivity contribution is 5.67. The molecule has 0 radical (unpaired) electrons. The van der Waals surface area contributed by atoms with Crippen molar-refractivity contribution < 1.29 is 18.7 Å². The summed E-state index contributed by atoms with van der Waals surface area (Å²) in [5.74, 6) is 0.628. The molecule has 0 spiro atoms. The van der Waals surface area contributed by atoms with Gasteiger partial charge in [0, 0.05) is 24.7 Å². The first-order valence-electron chi connectivity index (χ1n) is 12.5. The molecule has 2 rings (SSSR count). The molecular weight excluding hydrogens is 431 g/mol. The molecule has 0 heterocycles. The zero-order chi connectivity index (χ0) is 24.9. The summed E-state index contributed by atoms with van der Waals surface area (Å²) in [6, 6.07) is 6.40. The average molecular weight is 473 g/mol. The maximum atomic E-state index is 13.9. The van der Waals surface area contributed by atoms with Crippen LogP contribution in [0.25, 0.3) is 0 Å². The van der Waals surface area contributed by atoms with E-state index in [1.165, 1.54) is 30.2 Å². The molecule has 1 fully saturated rings. The normalized spacial score (nSPS) is 16.1. The van der Waals surface area contributed by atoms with Crippen LogP contribution in [0, 0.1) is 5.82 Å². The summed E-state index contributed by atoms with van der Waals surface area (Å²) >= 11 is 0. The minimum Gasteiger partial charge on any atom is -0.495 e. The maximum absolute atomic E-state index is 13.9. The number of halogens is 1. The van der Waals surface area contributed by atoms with E-state index in [1.54, 1.807) is 25.2 Å². The van der Waals surface area contributed by atoms with Gasteiger partial charge in [-0.1, -0.05) is 51.0 Å². The molecule has 1 aromatic rings. The van der Waals surface area contributed by atoms with Gasteiger partial charge in [-0.3, -0.25) is 0 Å². The number of nitrogens with zero attached hydrogens (tertiary/aromatic N) is 1. The average Bonchev–Trinajstić information content (AvgIpc) is 2.85. The molecule has 0 aliphatic heterocycles. The minimum atomic E-state index is -0.514. The molecule has 188 valence electrons. The molecule has 1 aliphatic rings. The zero-order valence-electron chi connectivity index (χ0n) is 21.2. The van der Waals surface area contributed by atoms with E-state index in [0.29, 0.717) is 17.4 Å². The van der Waals surface area contributed by atoms with Crippen LogP contribution in [0.15, 0.2) is 59.0 Å². The molecule has 0 atom stereocenters. The van der Waals surface area contributed by atoms with Crippen molar-refractivity contribution >= 4 is 6.09 Å². The topological polar surface area (TPSA) is 64.8 Å². The van der Waals surface area contributed by atoms with Crippen molar-refractivity contribution in [2.75, 3.05) is 13.7 Å². The third kappa shape index (κ3) is 8.88. The molecule has 1 amide bonds. The van der Waals surface area contributed by atoms with E-state index in [2.05, 4.69) is 13.8 Å². The first-order chi connectivity index (χ1) is 16.3. The van der Waals surface area contributed by atoms with Crippen molar-refractivity contribution in [2.24, 2.45) is 5.73 Å². The van der Waals surface area contributed by atoms with Crippen molar-refractivity contribution in [2.45, 2.75) is 84.8 Å². The van der Waals surface area contributed by atoms with Gasteiger partial charge in [0.05, 0.1) is 18.4 Å². The zero-order valence-corrected chi connectivity index (χ0v) is 21.2. The number of rotatable bonds is 11. The van der Waals surface area contributed by atoms with Gasteiger partial charge >= 0.3 is 6.09 Å². The Morgan fingerprint density at radius 3 is 2.53 bits per heavy atom. The summed E-state index contributed by atoms with van der Waals surface area (Å²) in [7, 11) is 1.59. The lowest BCUT2D eigenvalue weighted by atomic mass is 9.98. The summed E-state index contributed by atoms with van der Waals surface area (Å²) in [4.78, 5) is 13.8. The van der Waals surface area contributed by atoms with Gasteiger partial charge in [0.2, 0.25) is 0 Å². The molecule has 5 nitrogen and oxygen atoms in total. The van der Waals surface area contributed by atoms with E-state index >= 15 is 0 Å². The maximum Gasteiger partial charge on any atom is 0.410 e. The van der Waals surface area contributed by atoms with Crippen LogP contribution in [0.2, 0.25) is 0 Å². The second-order valence-electron chi connectivity index (χ2n) is 8.98. The number of carbonyl (C=O) groups is 1. The Bertz CT molecular complexity index is 885. The van der Waals surface area contributed by atoms with Crippen LogP contribution >= 0.6 is 0 Å². The highest BCUT2D eigenvalue weighted by Crippen LogP contribution is 2.24. The number of benzene rings is 1. The monoisotopic (exact) mass is 472 g/mol. The number of ether oxygens (including phenoxy) is 2. The number of carbonyl (C=O) groups excluding carboxylic acids is 1. The predicted octanol–water partition coefficient (Wildman–Crippen LogP) is 7.00. The van der Waals surface area contributed by atoms with Crippen molar-refractivity contribution in [3.05, 3.63) is 70.4 Å². The van der Waals surface area contributed by atoms with Gasteiger partial charge in [-0.05, 0) is 62.3 Å². The number of allylic oxidation sites excluding steroid dienone is 4. The Morgan fingerprint density at radius 2 is 1.88 bits per heavy atom. The molecule has 1 saturated carbocycles. The highest BCUT2D eigenvalue weighted by Gasteiger charge is 2.16. The second kappa shape index (κ2) is 14.5. The summed E-state index contributed by atoms with van der Waals surface area (Å²) < 4.78 is 25.6. The van der Waals surface area contributed by atoms with Gasteiger partial charge in [0.1, 0.15) is 12.4 Å². The van der Waals surface area contributed by atoms with Crippen LogP contribution in [0.3, 0.4) is 0 Å². The largest absolute Gasteiger partial charge is 0.495 e. The van der Waals surface area contributed by atoms with Crippen LogP contribution < -0.4 is 5.73 Å². The molecular formula is C28H41FN2O3. The standard InChI is InChI=1S/C28H41FN2O3/c1-5-12-23(20-33-28(32)31(4)19-22-13-10-11-16-26(22)29)27(30)21(3)17-18-24(6-2)34-25-14-8-7-9-15-25/h10-11,13,16-18,25H,5-9,12,14-15,19-20,30H2,1-4H3/b21-17+,24-18+,27-23+. The lowest BCUT2D eigenvalue weighted by Crippen LogP contribution is -2.28. The first kappa shape index (κ1) is 27.5. The van der Waals surface area contributed by atoms with E-state index in [4.69, 9.17) is 15.2 Å². The van der Waals surface area contributed by atoms with E-state index in [0.717, 1.165) is 49.0 Å². The molecule has 0 bridgehead atoms. The Labute approximate surface area is 204 Å². The highest BCUT2D eigenvalue weighted by atomic mass is 19.1. The van der Waals surface area contributed by atoms with E-state index in [9.17, 15) is 9.18 Å². The summed E-state index contributed by atoms with van der Waals surface area (Å²) in [6.07, 6.45) is 12.3. The molecule has 34 heavy (non-hydrogen) atoms. The molecule has 1 aliphatic carbocycles. The summed E-state index contributed by atoms with van der Waals surface area (Å²) in [5.41, 5.74) is 9.32. The van der Waals surface area contributed by atoms with Crippen LogP contribution in [-0.2, 0) is 16.0 Å². The van der Waals surface area contributed by atoms with Crippen LogP contribution in [0.5, 0.6) is 0 Å². The Kier molecular flexibility index (Phi) is 11.7. The lowest BCUT2D eigenvalue weighted by molar-refractivity contribution is 0.0783. The fourth-order valence-corrected chi connectivity index (χ4v) is 4.02. The Balaban J connectivity index is 2.02. The predicted molar refractivity (Wildman–Crippen MR) is 135 cm³/mol. The van der Waals surface area contributed by atoms with E-state index in [1.807, 2.05) is 19.1 Å². The van der Waals surface area contributed by atoms with E-state index < -0.39 is 6.09 Å². The summed E-state index contributed by atoms with van der Waals surface area (Å²) in [6.45, 7) is 6.36. The molecule has 6 heteroatoms. The van der Waals surface area contributed by atoms with Gasteiger partial charge in [-0.2, -0.15) is 0 Å². The van der Waals surface area contributed by atoms with Crippen LogP contribution in [0.1, 0.15) is 77.7 Å². The van der Waals surface area contributed by atoms with Crippen molar-refractivity contribution in [1.29, 1.82) is 0 Å². The van der Waals surface area contributed by atoms with Gasteiger partial charge in [-0.25, -0.2) is 9.18 Å². The fraction of sp³-hybridized carbons (Fsp3) is 0.536. The molecule has 1 aromatic carbocycles. The van der Waals surface area contributed by atoms with E-state index in [-0.39, 0.29) is 19.0 Å². The SMILES string of the molecule is CCC/C(COC(=O)N(C)Cc1ccccc1F)=C(N)/C(C)=C/C=C(\CC)OC1CCCCC1. The van der Waals surface area contributed by atoms with Gasteiger partial charge in [-0.15, -0.1) is 0 Å². The van der Waals surface area contributed by atoms with Crippen LogP contribution in [-0.4, -0.2) is 30.8 Å². The fourth-order valence-electron chi connectivity index (χ4n) is 4.02. The Morgan fingerprint density at radius 1 is 1.18 bits per heavy atom. The number of hydrogen-bond acceptors (Lipinski definition) is 4. The second-order valence-corrected chi connectivity index (χ2v) is 8.98. The third-order valence-corrected chi connectivity index (χ3v) is 6.14. The minimum absolute atomic E-state index is 0.105. The van der Waals surface area contributed by atoms with Crippen LogP contribution in [0.4, 0.5) is 9.18 Å². The number of hydrogen-bond donors (Lipinski definition) is 1. The third-order valence-electron chi connectivity index (χ3n) is 6.14. The summed E-state index contributed by atoms with van der Waals surface area (Å²) in [5, 5.41) is 0. The molecule has 0 aromatic heterocycles. The van der Waals surface area contributed by atoms with Gasteiger partial charge < -0.3 is 20.1 Å². The quantitative estimate of drug-likeness (QED) is 0.278. The lowest BCUT2D eigenvalue weighted by Gasteiger charge is -2.24. The molecule has 2 N–H and O–H groups in total. The number of amides is 1. The van der Waals surface area contributed by atoms with Crippen molar-refractivity contribution in [3.8, 4) is 0 Å².